The van der Waals surface area contributed by atoms with E-state index in [4.69, 9.17) is 9.47 Å². The Labute approximate surface area is 124 Å². The van der Waals surface area contributed by atoms with Crippen molar-refractivity contribution in [3.05, 3.63) is 65.9 Å². The van der Waals surface area contributed by atoms with Crippen LogP contribution in [-0.2, 0) is 9.53 Å². The van der Waals surface area contributed by atoms with Crippen molar-refractivity contribution >= 4 is 17.7 Å². The van der Waals surface area contributed by atoms with Gasteiger partial charge in [-0.1, -0.05) is 30.3 Å². The van der Waals surface area contributed by atoms with Gasteiger partial charge in [-0.15, -0.1) is 0 Å². The van der Waals surface area contributed by atoms with Crippen LogP contribution in [0.5, 0.6) is 5.75 Å². The molecule has 0 saturated heterocycles. The van der Waals surface area contributed by atoms with Crippen LogP contribution >= 0.6 is 0 Å². The Morgan fingerprint density at radius 3 is 2.24 bits per heavy atom. The second-order valence-electron chi connectivity index (χ2n) is 4.31. The normalized spacial score (nSPS) is 10.9. The maximum Gasteiger partial charge on any atom is 0.290 e. The van der Waals surface area contributed by atoms with Crippen molar-refractivity contribution in [3.63, 3.8) is 0 Å². The maximum atomic E-state index is 12.2. The number of benzene rings is 2. The first-order chi connectivity index (χ1) is 10.2. The lowest BCUT2D eigenvalue weighted by molar-refractivity contribution is -0.115. The fourth-order valence-electron chi connectivity index (χ4n) is 1.78. The molecule has 4 heteroatoms. The van der Waals surface area contributed by atoms with Gasteiger partial charge in [-0.2, -0.15) is 0 Å². The van der Waals surface area contributed by atoms with Crippen molar-refractivity contribution in [3.8, 4) is 5.75 Å². The summed E-state index contributed by atoms with van der Waals surface area (Å²) in [5.74, 6) is 0.684. The minimum absolute atomic E-state index is 0.247. The smallest absolute Gasteiger partial charge is 0.290 e. The Kier molecular flexibility index (Phi) is 4.99. The van der Waals surface area contributed by atoms with Crippen LogP contribution in [0.1, 0.15) is 5.56 Å². The lowest BCUT2D eigenvalue weighted by atomic mass is 10.2. The van der Waals surface area contributed by atoms with E-state index in [1.165, 1.54) is 7.11 Å². The van der Waals surface area contributed by atoms with E-state index in [2.05, 4.69) is 5.32 Å². The molecule has 0 aliphatic rings. The molecular weight excluding hydrogens is 266 g/mol. The van der Waals surface area contributed by atoms with Gasteiger partial charge in [0, 0.05) is 5.69 Å². The number of carbonyl (C=O) groups is 1. The Morgan fingerprint density at radius 2 is 1.67 bits per heavy atom. The minimum atomic E-state index is -0.300. The van der Waals surface area contributed by atoms with E-state index in [9.17, 15) is 4.79 Å². The highest BCUT2D eigenvalue weighted by molar-refractivity contribution is 6.05. The molecule has 0 fully saturated rings. The average Bonchev–Trinajstić information content (AvgIpc) is 2.54. The van der Waals surface area contributed by atoms with Gasteiger partial charge in [0.1, 0.15) is 5.75 Å². The first kappa shape index (κ1) is 14.7. The van der Waals surface area contributed by atoms with Crippen LogP contribution in [0.2, 0.25) is 0 Å². The Balaban J connectivity index is 2.11. The van der Waals surface area contributed by atoms with Crippen LogP contribution < -0.4 is 10.1 Å². The van der Waals surface area contributed by atoms with Gasteiger partial charge < -0.3 is 14.8 Å². The standard InChI is InChI=1S/C17H17NO3/c1-20-15-10-8-14(9-11-15)18-17(19)16(21-2)12-13-6-4-3-5-7-13/h3-12H,1-2H3,(H,18,19)/b16-12-. The average molecular weight is 283 g/mol. The number of ether oxygens (including phenoxy) is 2. The van der Waals surface area contributed by atoms with Crippen LogP contribution in [0, 0.1) is 0 Å². The maximum absolute atomic E-state index is 12.2. The largest absolute Gasteiger partial charge is 0.497 e. The Bertz CT molecular complexity index is 618. The van der Waals surface area contributed by atoms with E-state index in [1.807, 2.05) is 30.3 Å². The first-order valence-corrected chi connectivity index (χ1v) is 6.49. The lowest BCUT2D eigenvalue weighted by Crippen LogP contribution is -2.15. The molecule has 0 radical (unpaired) electrons. The van der Waals surface area contributed by atoms with Crippen LogP contribution in [0.3, 0.4) is 0 Å². The highest BCUT2D eigenvalue weighted by Gasteiger charge is 2.10. The Morgan fingerprint density at radius 1 is 1.00 bits per heavy atom. The zero-order valence-corrected chi connectivity index (χ0v) is 12.0. The fraction of sp³-hybridized carbons (Fsp3) is 0.118. The summed E-state index contributed by atoms with van der Waals surface area (Å²) in [5, 5.41) is 2.78. The van der Waals surface area contributed by atoms with Gasteiger partial charge in [-0.3, -0.25) is 4.79 Å². The molecule has 2 aromatic rings. The molecule has 0 unspecified atom stereocenters. The molecule has 0 heterocycles. The third kappa shape index (κ3) is 4.11. The third-order valence-corrected chi connectivity index (χ3v) is 2.89. The van der Waals surface area contributed by atoms with Gasteiger partial charge in [-0.05, 0) is 35.9 Å². The second kappa shape index (κ2) is 7.14. The summed E-state index contributed by atoms with van der Waals surface area (Å²) in [4.78, 5) is 12.2. The zero-order valence-electron chi connectivity index (χ0n) is 12.0. The molecular formula is C17H17NO3. The topological polar surface area (TPSA) is 47.6 Å². The molecule has 2 aromatic carbocycles. The van der Waals surface area contributed by atoms with Crippen LogP contribution in [0.15, 0.2) is 60.4 Å². The van der Waals surface area contributed by atoms with Gasteiger partial charge >= 0.3 is 0 Å². The summed E-state index contributed by atoms with van der Waals surface area (Å²) < 4.78 is 10.2. The minimum Gasteiger partial charge on any atom is -0.497 e. The lowest BCUT2D eigenvalue weighted by Gasteiger charge is -2.08. The van der Waals surface area contributed by atoms with Crippen molar-refractivity contribution in [2.75, 3.05) is 19.5 Å². The van der Waals surface area contributed by atoms with Gasteiger partial charge in [-0.25, -0.2) is 0 Å². The number of amides is 1. The number of methoxy groups -OCH3 is 2. The zero-order chi connectivity index (χ0) is 15.1. The number of rotatable bonds is 5. The molecule has 1 amide bonds. The predicted octanol–water partition coefficient (Wildman–Crippen LogP) is 3.32. The summed E-state index contributed by atoms with van der Waals surface area (Å²) in [6.45, 7) is 0. The summed E-state index contributed by atoms with van der Waals surface area (Å²) in [5.41, 5.74) is 1.58. The molecule has 21 heavy (non-hydrogen) atoms. The number of hydrogen-bond acceptors (Lipinski definition) is 3. The fourth-order valence-corrected chi connectivity index (χ4v) is 1.78. The molecule has 0 atom stereocenters. The highest BCUT2D eigenvalue weighted by atomic mass is 16.5. The number of carbonyl (C=O) groups excluding carboxylic acids is 1. The summed E-state index contributed by atoms with van der Waals surface area (Å²) in [6, 6.07) is 16.6. The van der Waals surface area contributed by atoms with Gasteiger partial charge in [0.2, 0.25) is 0 Å². The molecule has 0 bridgehead atoms. The molecule has 0 spiro atoms. The van der Waals surface area contributed by atoms with E-state index in [0.717, 1.165) is 11.3 Å². The molecule has 2 rings (SSSR count). The van der Waals surface area contributed by atoms with Gasteiger partial charge in [0.15, 0.2) is 5.76 Å². The second-order valence-corrected chi connectivity index (χ2v) is 4.31. The van der Waals surface area contributed by atoms with Gasteiger partial charge in [0.25, 0.3) is 5.91 Å². The Hall–Kier alpha value is -2.75. The quantitative estimate of drug-likeness (QED) is 0.676. The molecule has 1 N–H and O–H groups in total. The molecule has 0 aliphatic heterocycles. The SMILES string of the molecule is CO/C(=C\c1ccccc1)C(=O)Nc1ccc(OC)cc1. The van der Waals surface area contributed by atoms with Crippen molar-refractivity contribution in [2.24, 2.45) is 0 Å². The molecule has 108 valence electrons. The van der Waals surface area contributed by atoms with Crippen LogP contribution in [0.25, 0.3) is 6.08 Å². The van der Waals surface area contributed by atoms with Crippen molar-refractivity contribution in [1.82, 2.24) is 0 Å². The monoisotopic (exact) mass is 283 g/mol. The molecule has 4 nitrogen and oxygen atoms in total. The van der Waals surface area contributed by atoms with E-state index in [0.29, 0.717) is 5.69 Å². The van der Waals surface area contributed by atoms with Crippen molar-refractivity contribution in [1.29, 1.82) is 0 Å². The van der Waals surface area contributed by atoms with E-state index in [1.54, 1.807) is 37.5 Å². The van der Waals surface area contributed by atoms with E-state index >= 15 is 0 Å². The highest BCUT2D eigenvalue weighted by Crippen LogP contribution is 2.16. The summed E-state index contributed by atoms with van der Waals surface area (Å²) in [7, 11) is 3.07. The number of hydrogen-bond donors (Lipinski definition) is 1. The summed E-state index contributed by atoms with van der Waals surface area (Å²) >= 11 is 0. The van der Waals surface area contributed by atoms with Gasteiger partial charge in [0.05, 0.1) is 14.2 Å². The number of anilines is 1. The van der Waals surface area contributed by atoms with Crippen LogP contribution in [0.4, 0.5) is 5.69 Å². The third-order valence-electron chi connectivity index (χ3n) is 2.89. The molecule has 0 aromatic heterocycles. The van der Waals surface area contributed by atoms with Crippen LogP contribution in [-0.4, -0.2) is 20.1 Å². The number of nitrogens with one attached hydrogen (secondary N) is 1. The molecule has 0 saturated carbocycles. The van der Waals surface area contributed by atoms with E-state index in [-0.39, 0.29) is 11.7 Å². The first-order valence-electron chi connectivity index (χ1n) is 6.49. The predicted molar refractivity (Wildman–Crippen MR) is 83.1 cm³/mol. The summed E-state index contributed by atoms with van der Waals surface area (Å²) in [6.07, 6.45) is 1.69. The molecule has 0 aliphatic carbocycles. The van der Waals surface area contributed by atoms with Crippen molar-refractivity contribution < 1.29 is 14.3 Å². The van der Waals surface area contributed by atoms with E-state index < -0.39 is 0 Å². The van der Waals surface area contributed by atoms with Crippen molar-refractivity contribution in [2.45, 2.75) is 0 Å².